The van der Waals surface area contributed by atoms with E-state index in [1.54, 1.807) is 14.2 Å². The van der Waals surface area contributed by atoms with E-state index >= 15 is 0 Å². The van der Waals surface area contributed by atoms with Gasteiger partial charge in [-0.05, 0) is 36.6 Å². The normalized spacial score (nSPS) is 16.7. The van der Waals surface area contributed by atoms with Crippen LogP contribution in [0.25, 0.3) is 5.57 Å². The summed E-state index contributed by atoms with van der Waals surface area (Å²) in [5.41, 5.74) is 3.78. The molecule has 0 spiro atoms. The number of hydrogen-bond donors (Lipinski definition) is 0. The Bertz CT molecular complexity index is 1040. The van der Waals surface area contributed by atoms with Gasteiger partial charge < -0.3 is 19.1 Å². The maximum absolute atomic E-state index is 13.4. The van der Waals surface area contributed by atoms with Crippen LogP contribution in [0.15, 0.2) is 48.2 Å². The largest absolute Gasteiger partial charge is 0.493 e. The fourth-order valence-corrected chi connectivity index (χ4v) is 4.10. The smallest absolute Gasteiger partial charge is 0.277 e. The Kier molecular flexibility index (Phi) is 6.46. The lowest BCUT2D eigenvalue weighted by Crippen LogP contribution is -2.40. The molecule has 2 aliphatic heterocycles. The number of carbonyl (C=O) groups excluding carboxylic acids is 2. The van der Waals surface area contributed by atoms with Crippen molar-refractivity contribution < 1.29 is 23.8 Å². The fourth-order valence-electron chi connectivity index (χ4n) is 4.10. The summed E-state index contributed by atoms with van der Waals surface area (Å²) in [7, 11) is 3.17. The number of ether oxygens (including phenoxy) is 3. The van der Waals surface area contributed by atoms with Crippen LogP contribution in [0.3, 0.4) is 0 Å². The molecule has 0 N–H and O–H groups in total. The van der Waals surface area contributed by atoms with Gasteiger partial charge in [-0.3, -0.25) is 14.5 Å². The van der Waals surface area contributed by atoms with E-state index in [9.17, 15) is 9.59 Å². The molecule has 0 bridgehead atoms. The summed E-state index contributed by atoms with van der Waals surface area (Å²) in [6.45, 7) is 4.55. The number of benzene rings is 2. The van der Waals surface area contributed by atoms with Crippen LogP contribution in [0.5, 0.6) is 11.5 Å². The average Bonchev–Trinajstić information content (AvgIpc) is 3.08. The highest BCUT2D eigenvalue weighted by molar-refractivity contribution is 6.35. The highest BCUT2D eigenvalue weighted by Crippen LogP contribution is 2.33. The first-order valence-corrected chi connectivity index (χ1v) is 10.7. The van der Waals surface area contributed by atoms with Crippen molar-refractivity contribution in [1.29, 1.82) is 0 Å². The molecule has 1 fully saturated rings. The Hall–Kier alpha value is -3.32. The van der Waals surface area contributed by atoms with E-state index in [-0.39, 0.29) is 18.4 Å². The van der Waals surface area contributed by atoms with Gasteiger partial charge in [0.2, 0.25) is 0 Å². The lowest BCUT2D eigenvalue weighted by molar-refractivity contribution is -0.137. The van der Waals surface area contributed by atoms with E-state index in [1.165, 1.54) is 4.90 Å². The van der Waals surface area contributed by atoms with Crippen molar-refractivity contribution in [2.45, 2.75) is 13.3 Å². The molecule has 7 nitrogen and oxygen atoms in total. The third-order valence-electron chi connectivity index (χ3n) is 5.88. The van der Waals surface area contributed by atoms with Crippen molar-refractivity contribution in [2.24, 2.45) is 0 Å². The number of hydrogen-bond acceptors (Lipinski definition) is 6. The zero-order valence-corrected chi connectivity index (χ0v) is 18.7. The van der Waals surface area contributed by atoms with Crippen molar-refractivity contribution >= 4 is 17.4 Å². The molecule has 2 aliphatic rings. The van der Waals surface area contributed by atoms with E-state index in [0.717, 1.165) is 16.7 Å². The predicted molar refractivity (Wildman–Crippen MR) is 120 cm³/mol. The SMILES string of the molecule is COc1ccc(CCN2C(=O)C(c3ccc(C)cc3)=C(N3CCOCC3)C2=O)cc1OC. The highest BCUT2D eigenvalue weighted by Gasteiger charge is 2.41. The van der Waals surface area contributed by atoms with E-state index in [1.807, 2.05) is 54.3 Å². The molecule has 0 radical (unpaired) electrons. The number of carbonyl (C=O) groups is 2. The zero-order chi connectivity index (χ0) is 22.7. The summed E-state index contributed by atoms with van der Waals surface area (Å²) in [5.74, 6) is 0.771. The molecule has 0 aromatic heterocycles. The first kappa shape index (κ1) is 21.9. The first-order valence-electron chi connectivity index (χ1n) is 10.7. The standard InChI is InChI=1S/C25H28N2O5/c1-17-4-7-19(8-5-17)22-23(26-12-14-32-15-13-26)25(29)27(24(22)28)11-10-18-6-9-20(30-2)21(16-18)31-3/h4-9,16H,10-15H2,1-3H3. The van der Waals surface area contributed by atoms with Crippen LogP contribution in [0.1, 0.15) is 16.7 Å². The first-order chi connectivity index (χ1) is 15.5. The summed E-state index contributed by atoms with van der Waals surface area (Å²) >= 11 is 0. The van der Waals surface area contributed by atoms with Gasteiger partial charge in [-0.2, -0.15) is 0 Å². The molecule has 168 valence electrons. The van der Waals surface area contributed by atoms with Crippen molar-refractivity contribution in [2.75, 3.05) is 47.1 Å². The Morgan fingerprint density at radius 3 is 2.25 bits per heavy atom. The second kappa shape index (κ2) is 9.44. The molecule has 2 amide bonds. The second-order valence-corrected chi connectivity index (χ2v) is 7.89. The zero-order valence-electron chi connectivity index (χ0n) is 18.7. The van der Waals surface area contributed by atoms with Crippen LogP contribution in [0.2, 0.25) is 0 Å². The van der Waals surface area contributed by atoms with Crippen molar-refractivity contribution in [1.82, 2.24) is 9.80 Å². The Labute approximate surface area is 188 Å². The summed E-state index contributed by atoms with van der Waals surface area (Å²) in [5, 5.41) is 0. The topological polar surface area (TPSA) is 68.3 Å². The van der Waals surface area contributed by atoms with E-state index in [2.05, 4.69) is 0 Å². The number of amides is 2. The summed E-state index contributed by atoms with van der Waals surface area (Å²) in [6, 6.07) is 13.4. The Balaban J connectivity index is 1.60. The Morgan fingerprint density at radius 2 is 1.59 bits per heavy atom. The average molecular weight is 437 g/mol. The number of methoxy groups -OCH3 is 2. The number of imide groups is 1. The van der Waals surface area contributed by atoms with Crippen LogP contribution in [-0.2, 0) is 20.7 Å². The van der Waals surface area contributed by atoms with Crippen LogP contribution < -0.4 is 9.47 Å². The van der Waals surface area contributed by atoms with Gasteiger partial charge in [-0.25, -0.2) is 0 Å². The molecule has 1 saturated heterocycles. The van der Waals surface area contributed by atoms with E-state index < -0.39 is 0 Å². The molecule has 32 heavy (non-hydrogen) atoms. The molecule has 0 saturated carbocycles. The Morgan fingerprint density at radius 1 is 0.906 bits per heavy atom. The van der Waals surface area contributed by atoms with Gasteiger partial charge in [0.1, 0.15) is 5.70 Å². The number of nitrogens with zero attached hydrogens (tertiary/aromatic N) is 2. The number of rotatable bonds is 7. The number of aryl methyl sites for hydroxylation is 1. The molecule has 2 heterocycles. The maximum Gasteiger partial charge on any atom is 0.277 e. The van der Waals surface area contributed by atoms with E-state index in [4.69, 9.17) is 14.2 Å². The van der Waals surface area contributed by atoms with Gasteiger partial charge in [0, 0.05) is 19.6 Å². The van der Waals surface area contributed by atoms with Crippen molar-refractivity contribution in [3.8, 4) is 11.5 Å². The highest BCUT2D eigenvalue weighted by atomic mass is 16.5. The monoisotopic (exact) mass is 436 g/mol. The van der Waals surface area contributed by atoms with Gasteiger partial charge in [0.05, 0.1) is 33.0 Å². The molecule has 4 rings (SSSR count). The van der Waals surface area contributed by atoms with Crippen LogP contribution in [-0.4, -0.2) is 68.7 Å². The third kappa shape index (κ3) is 4.21. The molecular formula is C25H28N2O5. The molecule has 0 aliphatic carbocycles. The lowest BCUT2D eigenvalue weighted by atomic mass is 10.0. The van der Waals surface area contributed by atoms with Gasteiger partial charge in [0.25, 0.3) is 11.8 Å². The lowest BCUT2D eigenvalue weighted by Gasteiger charge is -2.29. The number of morpholine rings is 1. The van der Waals surface area contributed by atoms with Crippen LogP contribution >= 0.6 is 0 Å². The van der Waals surface area contributed by atoms with Crippen molar-refractivity contribution in [3.63, 3.8) is 0 Å². The minimum atomic E-state index is -0.249. The third-order valence-corrected chi connectivity index (χ3v) is 5.88. The van der Waals surface area contributed by atoms with Gasteiger partial charge >= 0.3 is 0 Å². The predicted octanol–water partition coefficient (Wildman–Crippen LogP) is 2.67. The van der Waals surface area contributed by atoms with Gasteiger partial charge in [-0.1, -0.05) is 35.9 Å². The molecule has 2 aromatic rings. The van der Waals surface area contributed by atoms with E-state index in [0.29, 0.717) is 55.5 Å². The molecular weight excluding hydrogens is 408 g/mol. The van der Waals surface area contributed by atoms with Crippen LogP contribution in [0.4, 0.5) is 0 Å². The van der Waals surface area contributed by atoms with Crippen molar-refractivity contribution in [3.05, 3.63) is 64.9 Å². The summed E-state index contributed by atoms with van der Waals surface area (Å²) in [4.78, 5) is 30.2. The van der Waals surface area contributed by atoms with Gasteiger partial charge in [0.15, 0.2) is 11.5 Å². The quantitative estimate of drug-likeness (QED) is 0.622. The molecule has 0 atom stereocenters. The van der Waals surface area contributed by atoms with Crippen LogP contribution in [0, 0.1) is 6.92 Å². The summed E-state index contributed by atoms with van der Waals surface area (Å²) in [6.07, 6.45) is 0.523. The minimum Gasteiger partial charge on any atom is -0.493 e. The molecule has 7 heteroatoms. The second-order valence-electron chi connectivity index (χ2n) is 7.89. The summed E-state index contributed by atoms with van der Waals surface area (Å²) < 4.78 is 16.1. The fraction of sp³-hybridized carbons (Fsp3) is 0.360. The van der Waals surface area contributed by atoms with Gasteiger partial charge in [-0.15, -0.1) is 0 Å². The molecule has 2 aromatic carbocycles. The maximum atomic E-state index is 13.4. The minimum absolute atomic E-state index is 0.243. The molecule has 0 unspecified atom stereocenters.